The van der Waals surface area contributed by atoms with E-state index in [0.29, 0.717) is 5.75 Å². The first kappa shape index (κ1) is 19.8. The minimum atomic E-state index is -0.999. The van der Waals surface area contributed by atoms with E-state index >= 15 is 0 Å². The number of carboxylic acids is 1. The summed E-state index contributed by atoms with van der Waals surface area (Å²) in [7, 11) is 2.01. The van der Waals surface area contributed by atoms with Crippen molar-refractivity contribution in [2.24, 2.45) is 0 Å². The first-order chi connectivity index (χ1) is 15.7. The van der Waals surface area contributed by atoms with Crippen LogP contribution in [0.4, 0.5) is 5.69 Å². The molecule has 2 aliphatic heterocycles. The van der Waals surface area contributed by atoms with Crippen LogP contribution in [0.3, 0.4) is 0 Å². The molecule has 6 rings (SSSR count). The standard InChI is InChI=1S/C28H24N2O3/c1-16-9-10-17-11-12-22-24(23(17)29-16)30(4)28(27(22,2)3)14-13-20-19-8-6-5-7-18(19)15-21(26(31)32)25(20)33-28/h5-15H,1-4H3,(H,31,32). The predicted octanol–water partition coefficient (Wildman–Crippen LogP) is 5.92. The second-order valence-corrected chi connectivity index (χ2v) is 9.50. The molecule has 0 aliphatic carbocycles. The summed E-state index contributed by atoms with van der Waals surface area (Å²) >= 11 is 0. The van der Waals surface area contributed by atoms with Crippen LogP contribution in [-0.4, -0.2) is 28.8 Å². The van der Waals surface area contributed by atoms with Gasteiger partial charge in [0.2, 0.25) is 5.72 Å². The van der Waals surface area contributed by atoms with Gasteiger partial charge in [-0.25, -0.2) is 4.79 Å². The van der Waals surface area contributed by atoms with Crippen LogP contribution in [0.2, 0.25) is 0 Å². The Balaban J connectivity index is 1.63. The van der Waals surface area contributed by atoms with Crippen molar-refractivity contribution in [3.63, 3.8) is 0 Å². The average molecular weight is 437 g/mol. The van der Waals surface area contributed by atoms with E-state index in [1.54, 1.807) is 6.07 Å². The number of hydrogen-bond donors (Lipinski definition) is 1. The third kappa shape index (κ3) is 2.42. The molecule has 3 aromatic carbocycles. The lowest BCUT2D eigenvalue weighted by Crippen LogP contribution is -2.58. The molecule has 0 saturated heterocycles. The first-order valence-corrected chi connectivity index (χ1v) is 11.1. The summed E-state index contributed by atoms with van der Waals surface area (Å²) in [5, 5.41) is 13.0. The Bertz CT molecular complexity index is 1540. The average Bonchev–Trinajstić information content (AvgIpc) is 2.96. The zero-order chi connectivity index (χ0) is 23.1. The van der Waals surface area contributed by atoms with E-state index in [1.165, 1.54) is 0 Å². The molecule has 33 heavy (non-hydrogen) atoms. The number of aromatic nitrogens is 1. The van der Waals surface area contributed by atoms with Gasteiger partial charge in [-0.2, -0.15) is 0 Å². The van der Waals surface area contributed by atoms with Gasteiger partial charge in [-0.15, -0.1) is 0 Å². The molecule has 0 bridgehead atoms. The molecule has 5 heteroatoms. The molecule has 4 aromatic rings. The van der Waals surface area contributed by atoms with Crippen molar-refractivity contribution < 1.29 is 14.6 Å². The molecule has 164 valence electrons. The van der Waals surface area contributed by atoms with Gasteiger partial charge in [0.25, 0.3) is 0 Å². The summed E-state index contributed by atoms with van der Waals surface area (Å²) in [4.78, 5) is 19.2. The van der Waals surface area contributed by atoms with E-state index in [-0.39, 0.29) is 5.56 Å². The maximum atomic E-state index is 12.3. The van der Waals surface area contributed by atoms with Crippen molar-refractivity contribution in [2.45, 2.75) is 31.9 Å². The molecule has 0 radical (unpaired) electrons. The minimum absolute atomic E-state index is 0.173. The summed E-state index contributed by atoms with van der Waals surface area (Å²) in [6, 6.07) is 17.9. The van der Waals surface area contributed by atoms with Crippen molar-refractivity contribution in [1.29, 1.82) is 0 Å². The first-order valence-electron chi connectivity index (χ1n) is 11.1. The van der Waals surface area contributed by atoms with Gasteiger partial charge >= 0.3 is 5.97 Å². The number of hydrogen-bond acceptors (Lipinski definition) is 4. The van der Waals surface area contributed by atoms with Gasteiger partial charge in [0.05, 0.1) is 16.6 Å². The Kier molecular flexibility index (Phi) is 3.81. The van der Waals surface area contributed by atoms with Crippen LogP contribution in [0.25, 0.3) is 27.8 Å². The fourth-order valence-electron chi connectivity index (χ4n) is 5.59. The number of benzene rings is 3. The zero-order valence-corrected chi connectivity index (χ0v) is 19.0. The fourth-order valence-corrected chi connectivity index (χ4v) is 5.59. The van der Waals surface area contributed by atoms with Crippen molar-refractivity contribution >= 4 is 39.4 Å². The number of aromatic carboxylic acids is 1. The number of pyridine rings is 1. The highest BCUT2D eigenvalue weighted by molar-refractivity contribution is 6.04. The molecule has 0 amide bonds. The summed E-state index contributed by atoms with van der Waals surface area (Å²) < 4.78 is 6.80. The molecule has 1 unspecified atom stereocenters. The summed E-state index contributed by atoms with van der Waals surface area (Å²) in [5.41, 5.74) is 3.64. The highest BCUT2D eigenvalue weighted by Crippen LogP contribution is 2.56. The van der Waals surface area contributed by atoms with Crippen molar-refractivity contribution in [2.75, 3.05) is 11.9 Å². The number of nitrogens with zero attached hydrogens (tertiary/aromatic N) is 2. The number of fused-ring (bicyclic) bond motifs is 6. The maximum absolute atomic E-state index is 12.3. The predicted molar refractivity (Wildman–Crippen MR) is 131 cm³/mol. The number of likely N-dealkylation sites (N-methyl/N-ethyl adjacent to an activating group) is 1. The molecule has 1 atom stereocenters. The van der Waals surface area contributed by atoms with Crippen LogP contribution in [-0.2, 0) is 5.41 Å². The summed E-state index contributed by atoms with van der Waals surface area (Å²) in [6.07, 6.45) is 4.10. The van der Waals surface area contributed by atoms with Crippen LogP contribution < -0.4 is 9.64 Å². The Labute approximate surface area is 191 Å². The molecule has 1 spiro atoms. The van der Waals surface area contributed by atoms with E-state index in [9.17, 15) is 9.90 Å². The Morgan fingerprint density at radius 2 is 1.82 bits per heavy atom. The molecule has 0 fully saturated rings. The van der Waals surface area contributed by atoms with Gasteiger partial charge in [0.1, 0.15) is 11.3 Å². The van der Waals surface area contributed by atoms with Crippen molar-refractivity contribution in [3.8, 4) is 5.75 Å². The largest absolute Gasteiger partial charge is 0.478 e. The summed E-state index contributed by atoms with van der Waals surface area (Å²) in [6.45, 7) is 6.29. The van der Waals surface area contributed by atoms with Crippen LogP contribution in [0.15, 0.2) is 60.7 Å². The lowest BCUT2D eigenvalue weighted by Gasteiger charge is -2.46. The number of carbonyl (C=O) groups is 1. The number of aryl methyl sites for hydroxylation is 1. The van der Waals surface area contributed by atoms with E-state index in [1.807, 2.05) is 50.4 Å². The Morgan fingerprint density at radius 3 is 2.61 bits per heavy atom. The quantitative estimate of drug-likeness (QED) is 0.401. The molecular weight excluding hydrogens is 412 g/mol. The van der Waals surface area contributed by atoms with Gasteiger partial charge in [-0.3, -0.25) is 4.98 Å². The van der Waals surface area contributed by atoms with E-state index in [4.69, 9.17) is 9.72 Å². The number of anilines is 1. The van der Waals surface area contributed by atoms with Crippen LogP contribution in [0, 0.1) is 6.92 Å². The molecule has 2 aliphatic rings. The fraction of sp³-hybridized carbons (Fsp3) is 0.214. The van der Waals surface area contributed by atoms with Gasteiger partial charge in [-0.05, 0) is 61.4 Å². The third-order valence-electron chi connectivity index (χ3n) is 7.38. The second kappa shape index (κ2) is 6.35. The van der Waals surface area contributed by atoms with Gasteiger partial charge in [-0.1, -0.05) is 42.5 Å². The smallest absolute Gasteiger partial charge is 0.339 e. The normalized spacial score (nSPS) is 20.2. The van der Waals surface area contributed by atoms with E-state index in [0.717, 1.165) is 44.2 Å². The molecule has 1 N–H and O–H groups in total. The van der Waals surface area contributed by atoms with E-state index in [2.05, 4.69) is 43.0 Å². The van der Waals surface area contributed by atoms with Crippen molar-refractivity contribution in [3.05, 3.63) is 83.1 Å². The Hall–Kier alpha value is -3.86. The minimum Gasteiger partial charge on any atom is -0.478 e. The molecule has 0 saturated carbocycles. The van der Waals surface area contributed by atoms with Crippen LogP contribution in [0.5, 0.6) is 5.75 Å². The SMILES string of the molecule is Cc1ccc2ccc3c(c2n1)N(C)C1(C=Cc2c(c(C(=O)O)cc4ccccc24)O1)C3(C)C. The number of ether oxygens (including phenoxy) is 1. The molecule has 5 nitrogen and oxygen atoms in total. The maximum Gasteiger partial charge on any atom is 0.339 e. The van der Waals surface area contributed by atoms with Gasteiger partial charge in [0.15, 0.2) is 0 Å². The lowest BCUT2D eigenvalue weighted by molar-refractivity contribution is 0.0530. The topological polar surface area (TPSA) is 62.7 Å². The molecule has 3 heterocycles. The van der Waals surface area contributed by atoms with E-state index < -0.39 is 17.1 Å². The van der Waals surface area contributed by atoms with Crippen molar-refractivity contribution in [1.82, 2.24) is 4.98 Å². The zero-order valence-electron chi connectivity index (χ0n) is 19.0. The van der Waals surface area contributed by atoms with Crippen LogP contribution in [0.1, 0.15) is 41.0 Å². The molecular formula is C28H24N2O3. The Morgan fingerprint density at radius 1 is 1.06 bits per heavy atom. The number of rotatable bonds is 1. The van der Waals surface area contributed by atoms with Crippen LogP contribution >= 0.6 is 0 Å². The second-order valence-electron chi connectivity index (χ2n) is 9.50. The highest BCUT2D eigenvalue weighted by atomic mass is 16.5. The highest BCUT2D eigenvalue weighted by Gasteiger charge is 2.58. The number of carboxylic acid groups (broad SMARTS) is 1. The van der Waals surface area contributed by atoms with Gasteiger partial charge in [0, 0.05) is 23.7 Å². The molecule has 1 aromatic heterocycles. The van der Waals surface area contributed by atoms with Gasteiger partial charge < -0.3 is 14.7 Å². The lowest BCUT2D eigenvalue weighted by atomic mass is 9.76. The third-order valence-corrected chi connectivity index (χ3v) is 7.38. The monoisotopic (exact) mass is 436 g/mol. The summed E-state index contributed by atoms with van der Waals surface area (Å²) in [5.74, 6) is -0.592.